The van der Waals surface area contributed by atoms with Crippen LogP contribution in [0.1, 0.15) is 84.0 Å². The first-order valence-corrected chi connectivity index (χ1v) is 8.96. The largest absolute Gasteiger partial charge is 0.425 e. The van der Waals surface area contributed by atoms with Crippen LogP contribution in [0.4, 0.5) is 0 Å². The van der Waals surface area contributed by atoms with Gasteiger partial charge in [-0.05, 0) is 12.8 Å². The molecule has 1 N–H and O–H groups in total. The molecular weight excluding hydrogens is 276 g/mol. The van der Waals surface area contributed by atoms with Crippen molar-refractivity contribution < 1.29 is 14.6 Å². The quantitative estimate of drug-likeness (QED) is 0.312. The summed E-state index contributed by atoms with van der Waals surface area (Å²) in [7, 11) is 0. The maximum atomic E-state index is 11.4. The van der Waals surface area contributed by atoms with Crippen LogP contribution in [-0.4, -0.2) is 17.2 Å². The molecule has 1 unspecified atom stereocenters. The third-order valence-electron chi connectivity index (χ3n) is 4.23. The monoisotopic (exact) mass is 308 g/mol. The Morgan fingerprint density at radius 3 is 1.95 bits per heavy atom. The number of carbonyl (C=O) groups is 1. The molecule has 0 amide bonds. The van der Waals surface area contributed by atoms with Crippen LogP contribution in [0.3, 0.4) is 0 Å². The molecule has 0 spiro atoms. The predicted octanol–water partition coefficient (Wildman–Crippen LogP) is 5.05. The molecule has 3 nitrogen and oxygen atoms in total. The number of rotatable bonds is 12. The second kappa shape index (κ2) is 11.5. The molecule has 0 aromatic rings. The summed E-state index contributed by atoms with van der Waals surface area (Å²) in [6.07, 6.45) is 16.1. The standard InChI is InChI=1S/C19H32O3/c1-3-4-5-6-7-8-9-10-11-12-13-14-15-17-18(20)16(2)22-19(17)21/h15,18,20H,2-14H2,1H3. The van der Waals surface area contributed by atoms with Crippen LogP contribution >= 0.6 is 0 Å². The molecule has 1 saturated heterocycles. The molecule has 126 valence electrons. The average Bonchev–Trinajstić information content (AvgIpc) is 2.74. The Morgan fingerprint density at radius 2 is 1.50 bits per heavy atom. The molecule has 0 aliphatic carbocycles. The third-order valence-corrected chi connectivity index (χ3v) is 4.23. The lowest BCUT2D eigenvalue weighted by Gasteiger charge is -2.02. The Kier molecular flexibility index (Phi) is 9.89. The molecule has 1 fully saturated rings. The molecule has 1 atom stereocenters. The maximum absolute atomic E-state index is 11.4. The number of hydrogen-bond donors (Lipinski definition) is 1. The van der Waals surface area contributed by atoms with E-state index in [-0.39, 0.29) is 5.76 Å². The fourth-order valence-corrected chi connectivity index (χ4v) is 2.78. The smallest absolute Gasteiger partial charge is 0.341 e. The van der Waals surface area contributed by atoms with Crippen LogP contribution < -0.4 is 0 Å². The van der Waals surface area contributed by atoms with Crippen molar-refractivity contribution in [2.45, 2.75) is 90.1 Å². The molecule has 0 aromatic heterocycles. The molecule has 1 aliphatic rings. The van der Waals surface area contributed by atoms with Crippen molar-refractivity contribution in [2.24, 2.45) is 0 Å². The fourth-order valence-electron chi connectivity index (χ4n) is 2.78. The lowest BCUT2D eigenvalue weighted by atomic mass is 10.0. The zero-order valence-corrected chi connectivity index (χ0v) is 14.1. The van der Waals surface area contributed by atoms with Crippen molar-refractivity contribution in [2.75, 3.05) is 0 Å². The number of unbranched alkanes of at least 4 members (excludes halogenated alkanes) is 11. The van der Waals surface area contributed by atoms with E-state index in [1.807, 2.05) is 0 Å². The van der Waals surface area contributed by atoms with Gasteiger partial charge < -0.3 is 9.84 Å². The average molecular weight is 308 g/mol. The summed E-state index contributed by atoms with van der Waals surface area (Å²) >= 11 is 0. The van der Waals surface area contributed by atoms with Gasteiger partial charge in [0.1, 0.15) is 11.9 Å². The number of carbonyl (C=O) groups excluding carboxylic acids is 1. The van der Waals surface area contributed by atoms with Gasteiger partial charge in [-0.1, -0.05) is 83.8 Å². The highest BCUT2D eigenvalue weighted by Crippen LogP contribution is 2.23. The topological polar surface area (TPSA) is 46.5 Å². The van der Waals surface area contributed by atoms with Crippen LogP contribution in [0.5, 0.6) is 0 Å². The third kappa shape index (κ3) is 7.26. The summed E-state index contributed by atoms with van der Waals surface area (Å²) in [4.78, 5) is 11.4. The number of aliphatic hydroxyl groups is 1. The Hall–Kier alpha value is -1.09. The van der Waals surface area contributed by atoms with Gasteiger partial charge in [0.05, 0.1) is 5.57 Å². The van der Waals surface area contributed by atoms with Crippen LogP contribution in [-0.2, 0) is 9.53 Å². The molecule has 3 heteroatoms. The minimum absolute atomic E-state index is 0.148. The lowest BCUT2D eigenvalue weighted by molar-refractivity contribution is -0.132. The normalized spacial score (nSPS) is 19.9. The minimum Gasteiger partial charge on any atom is -0.425 e. The van der Waals surface area contributed by atoms with Crippen molar-refractivity contribution in [1.82, 2.24) is 0 Å². The molecular formula is C19H32O3. The lowest BCUT2D eigenvalue weighted by Crippen LogP contribution is -2.07. The summed E-state index contributed by atoms with van der Waals surface area (Å²) in [6, 6.07) is 0. The van der Waals surface area contributed by atoms with Crippen molar-refractivity contribution in [3.8, 4) is 0 Å². The van der Waals surface area contributed by atoms with Crippen LogP contribution in [0.25, 0.3) is 0 Å². The number of aliphatic hydroxyl groups excluding tert-OH is 1. The van der Waals surface area contributed by atoms with Crippen molar-refractivity contribution in [3.63, 3.8) is 0 Å². The first kappa shape index (κ1) is 19.0. The zero-order chi connectivity index (χ0) is 16.2. The second-order valence-corrected chi connectivity index (χ2v) is 6.24. The van der Waals surface area contributed by atoms with Gasteiger partial charge in [0.2, 0.25) is 0 Å². The zero-order valence-electron chi connectivity index (χ0n) is 14.1. The Balaban J connectivity index is 1.94. The van der Waals surface area contributed by atoms with E-state index in [0.29, 0.717) is 5.57 Å². The highest BCUT2D eigenvalue weighted by Gasteiger charge is 2.32. The van der Waals surface area contributed by atoms with E-state index in [1.54, 1.807) is 6.08 Å². The van der Waals surface area contributed by atoms with Gasteiger partial charge in [0.25, 0.3) is 0 Å². The van der Waals surface area contributed by atoms with Gasteiger partial charge in [-0.2, -0.15) is 0 Å². The van der Waals surface area contributed by atoms with E-state index >= 15 is 0 Å². The summed E-state index contributed by atoms with van der Waals surface area (Å²) in [5.74, 6) is -0.296. The molecule has 1 rings (SSSR count). The highest BCUT2D eigenvalue weighted by atomic mass is 16.6. The van der Waals surface area contributed by atoms with Gasteiger partial charge in [0, 0.05) is 0 Å². The summed E-state index contributed by atoms with van der Waals surface area (Å²) in [6.45, 7) is 5.76. The number of esters is 1. The van der Waals surface area contributed by atoms with Crippen molar-refractivity contribution in [1.29, 1.82) is 0 Å². The second-order valence-electron chi connectivity index (χ2n) is 6.24. The Bertz CT molecular complexity index is 371. The van der Waals surface area contributed by atoms with Gasteiger partial charge in [-0.25, -0.2) is 4.79 Å². The molecule has 0 aromatic carbocycles. The minimum atomic E-state index is -0.930. The van der Waals surface area contributed by atoms with E-state index in [0.717, 1.165) is 12.8 Å². The van der Waals surface area contributed by atoms with Crippen LogP contribution in [0.15, 0.2) is 24.0 Å². The Labute approximate surface area is 135 Å². The van der Waals surface area contributed by atoms with E-state index < -0.39 is 12.1 Å². The number of cyclic esters (lactones) is 1. The highest BCUT2D eigenvalue weighted by molar-refractivity contribution is 5.93. The summed E-state index contributed by atoms with van der Waals surface area (Å²) in [5.41, 5.74) is 0.358. The molecule has 0 bridgehead atoms. The molecule has 1 heterocycles. The predicted molar refractivity (Wildman–Crippen MR) is 90.4 cm³/mol. The van der Waals surface area contributed by atoms with E-state index in [9.17, 15) is 9.90 Å². The number of allylic oxidation sites excluding steroid dienone is 1. The van der Waals surface area contributed by atoms with Gasteiger partial charge in [-0.15, -0.1) is 0 Å². The SMILES string of the molecule is C=C1OC(=O)C(=CCCCCCCCCCCCCC)C1O. The first-order chi connectivity index (χ1) is 10.7. The van der Waals surface area contributed by atoms with Crippen molar-refractivity contribution in [3.05, 3.63) is 24.0 Å². The van der Waals surface area contributed by atoms with Crippen LogP contribution in [0, 0.1) is 0 Å². The number of hydrogen-bond acceptors (Lipinski definition) is 3. The van der Waals surface area contributed by atoms with Gasteiger partial charge >= 0.3 is 5.97 Å². The Morgan fingerprint density at radius 1 is 1.00 bits per heavy atom. The summed E-state index contributed by atoms with van der Waals surface area (Å²) < 4.78 is 4.79. The first-order valence-electron chi connectivity index (χ1n) is 8.96. The van der Waals surface area contributed by atoms with Crippen molar-refractivity contribution >= 4 is 5.97 Å². The van der Waals surface area contributed by atoms with E-state index in [4.69, 9.17) is 4.74 Å². The van der Waals surface area contributed by atoms with Crippen LogP contribution in [0.2, 0.25) is 0 Å². The number of ether oxygens (including phenoxy) is 1. The molecule has 0 saturated carbocycles. The molecule has 0 radical (unpaired) electrons. The fraction of sp³-hybridized carbons (Fsp3) is 0.737. The van der Waals surface area contributed by atoms with Gasteiger partial charge in [-0.3, -0.25) is 0 Å². The van der Waals surface area contributed by atoms with E-state index in [1.165, 1.54) is 64.2 Å². The molecule has 1 aliphatic heterocycles. The van der Waals surface area contributed by atoms with E-state index in [2.05, 4.69) is 13.5 Å². The molecule has 22 heavy (non-hydrogen) atoms. The van der Waals surface area contributed by atoms with Gasteiger partial charge in [0.15, 0.2) is 0 Å². The summed E-state index contributed by atoms with van der Waals surface area (Å²) in [5, 5.41) is 9.69. The maximum Gasteiger partial charge on any atom is 0.341 e.